The smallest absolute Gasteiger partial charge is 0.144 e. The number of hydrogen-bond acceptors (Lipinski definition) is 2. The Morgan fingerprint density at radius 3 is 2.37 bits per heavy atom. The Balaban J connectivity index is 1.48. The predicted molar refractivity (Wildman–Crippen MR) is 125 cm³/mol. The van der Waals surface area contributed by atoms with E-state index in [-0.39, 0.29) is 5.31 Å². The Labute approximate surface area is 177 Å². The molecule has 0 aliphatic heterocycles. The van der Waals surface area contributed by atoms with Crippen LogP contribution in [0.5, 0.6) is 0 Å². The van der Waals surface area contributed by atoms with Crippen LogP contribution in [0.1, 0.15) is 37.7 Å². The first-order valence-corrected chi connectivity index (χ1v) is 10.8. The number of benzene rings is 3. The van der Waals surface area contributed by atoms with Crippen LogP contribution < -0.4 is 0 Å². The highest BCUT2D eigenvalue weighted by Crippen LogP contribution is 2.39. The Kier molecular flexibility index (Phi) is 3.99. The molecule has 1 aliphatic carbocycles. The van der Waals surface area contributed by atoms with E-state index < -0.39 is 0 Å². The van der Waals surface area contributed by atoms with Gasteiger partial charge >= 0.3 is 0 Å². The van der Waals surface area contributed by atoms with Crippen molar-refractivity contribution in [2.24, 2.45) is 0 Å². The molecule has 0 bridgehead atoms. The second-order valence-electron chi connectivity index (χ2n) is 8.63. The normalized spacial score (nSPS) is 16.4. The molecule has 3 heteroatoms. The van der Waals surface area contributed by atoms with Crippen molar-refractivity contribution in [3.8, 4) is 11.3 Å². The maximum Gasteiger partial charge on any atom is 0.144 e. The van der Waals surface area contributed by atoms with Gasteiger partial charge in [-0.25, -0.2) is 0 Å². The third-order valence-corrected chi connectivity index (χ3v) is 6.73. The molecular weight excluding hydrogens is 365 g/mol. The van der Waals surface area contributed by atoms with Crippen LogP contribution in [0.4, 0.5) is 0 Å². The van der Waals surface area contributed by atoms with Gasteiger partial charge in [-0.1, -0.05) is 74.6 Å². The number of nitrogens with zero attached hydrogens (tertiary/aromatic N) is 1. The fourth-order valence-electron chi connectivity index (χ4n) is 5.00. The lowest BCUT2D eigenvalue weighted by Crippen LogP contribution is -2.29. The molecule has 0 saturated heterocycles. The van der Waals surface area contributed by atoms with Crippen molar-refractivity contribution < 1.29 is 4.42 Å². The molecule has 144 valence electrons. The number of furan rings is 1. The average Bonchev–Trinajstić information content (AvgIpc) is 3.16. The van der Waals surface area contributed by atoms with E-state index in [1.165, 1.54) is 30.0 Å². The molecule has 6 rings (SSSR count). The van der Waals surface area contributed by atoms with E-state index in [1.54, 1.807) is 0 Å². The molecule has 0 spiro atoms. The van der Waals surface area contributed by atoms with E-state index in [0.717, 1.165) is 51.6 Å². The monoisotopic (exact) mass is 387 g/mol. The lowest BCUT2D eigenvalue weighted by molar-refractivity contribution is 0.397. The number of pyridine rings is 1. The summed E-state index contributed by atoms with van der Waals surface area (Å²) in [5.74, 6) is 0. The summed E-state index contributed by atoms with van der Waals surface area (Å²) >= 11 is 0. The number of aromatic nitrogens is 1. The number of para-hydroxylation sites is 1. The van der Waals surface area contributed by atoms with E-state index in [1.807, 2.05) is 6.20 Å². The van der Waals surface area contributed by atoms with Gasteiger partial charge in [0.1, 0.15) is 11.2 Å². The molecule has 0 N–H and O–H groups in total. The molecule has 0 unspecified atom stereocenters. The van der Waals surface area contributed by atoms with Crippen LogP contribution in [0, 0.1) is 0 Å². The van der Waals surface area contributed by atoms with Gasteiger partial charge in [0.15, 0.2) is 0 Å². The molecule has 1 saturated carbocycles. The number of hydrogen-bond donors (Lipinski definition) is 0. The molecule has 1 aliphatic rings. The van der Waals surface area contributed by atoms with Crippen molar-refractivity contribution in [3.05, 3.63) is 78.5 Å². The Hall–Kier alpha value is -3.07. The summed E-state index contributed by atoms with van der Waals surface area (Å²) in [7, 11) is 6.70. The SMILES string of the molecule is [B]C1(c2ccc(-c3cccc4c3oc3cc5ccccc5cc34)nc2)CCCCC1. The quantitative estimate of drug-likeness (QED) is 0.301. The minimum Gasteiger partial charge on any atom is -0.455 e. The van der Waals surface area contributed by atoms with Crippen molar-refractivity contribution in [2.75, 3.05) is 0 Å². The summed E-state index contributed by atoms with van der Waals surface area (Å²) in [6, 6.07) is 23.3. The standard InChI is InChI=1S/C27H22BNO/c28-27(13-4-1-5-14-27)20-11-12-24(29-17-20)22-10-6-9-21-23-15-18-7-2-3-8-19(18)16-25(23)30-26(21)22/h2-3,6-12,15-17H,1,4-5,13-14H2. The summed E-state index contributed by atoms with van der Waals surface area (Å²) in [6.45, 7) is 0. The molecule has 5 aromatic rings. The molecule has 30 heavy (non-hydrogen) atoms. The Bertz CT molecular complexity index is 1380. The summed E-state index contributed by atoms with van der Waals surface area (Å²) in [5, 5.41) is 4.46. The van der Waals surface area contributed by atoms with E-state index in [2.05, 4.69) is 66.7 Å². The van der Waals surface area contributed by atoms with Gasteiger partial charge in [-0.15, -0.1) is 0 Å². The average molecular weight is 387 g/mol. The second-order valence-corrected chi connectivity index (χ2v) is 8.63. The number of rotatable bonds is 2. The third-order valence-electron chi connectivity index (χ3n) is 6.73. The van der Waals surface area contributed by atoms with Crippen molar-refractivity contribution in [1.82, 2.24) is 4.98 Å². The Morgan fingerprint density at radius 1 is 0.800 bits per heavy atom. The Morgan fingerprint density at radius 2 is 1.60 bits per heavy atom. The summed E-state index contributed by atoms with van der Waals surface area (Å²) in [6.07, 6.45) is 7.74. The van der Waals surface area contributed by atoms with Gasteiger partial charge in [-0.05, 0) is 45.9 Å². The molecule has 2 heterocycles. The van der Waals surface area contributed by atoms with E-state index >= 15 is 0 Å². The van der Waals surface area contributed by atoms with Gasteiger partial charge < -0.3 is 4.42 Å². The van der Waals surface area contributed by atoms with E-state index in [9.17, 15) is 0 Å². The van der Waals surface area contributed by atoms with Crippen LogP contribution in [0.15, 0.2) is 77.3 Å². The van der Waals surface area contributed by atoms with Gasteiger partial charge in [-0.3, -0.25) is 4.98 Å². The largest absolute Gasteiger partial charge is 0.455 e. The van der Waals surface area contributed by atoms with Crippen molar-refractivity contribution in [2.45, 2.75) is 37.4 Å². The first-order chi connectivity index (χ1) is 14.7. The van der Waals surface area contributed by atoms with Crippen LogP contribution in [0.2, 0.25) is 0 Å². The summed E-state index contributed by atoms with van der Waals surface area (Å²) < 4.78 is 6.35. The zero-order valence-corrected chi connectivity index (χ0v) is 16.9. The topological polar surface area (TPSA) is 26.0 Å². The highest BCUT2D eigenvalue weighted by atomic mass is 16.3. The molecule has 1 fully saturated rings. The lowest BCUT2D eigenvalue weighted by Gasteiger charge is -2.34. The van der Waals surface area contributed by atoms with Crippen LogP contribution in [-0.2, 0) is 5.31 Å². The molecule has 2 aromatic heterocycles. The molecule has 0 atom stereocenters. The number of fused-ring (bicyclic) bond motifs is 4. The third kappa shape index (κ3) is 2.76. The van der Waals surface area contributed by atoms with Crippen LogP contribution in [0.3, 0.4) is 0 Å². The summed E-state index contributed by atoms with van der Waals surface area (Å²) in [5.41, 5.74) is 4.90. The van der Waals surface area contributed by atoms with E-state index in [0.29, 0.717) is 0 Å². The van der Waals surface area contributed by atoms with Crippen LogP contribution in [0.25, 0.3) is 44.0 Å². The zero-order chi connectivity index (χ0) is 20.1. The van der Waals surface area contributed by atoms with Crippen LogP contribution >= 0.6 is 0 Å². The molecule has 3 aromatic carbocycles. The molecular formula is C27H22BNO. The van der Waals surface area contributed by atoms with Gasteiger partial charge in [-0.2, -0.15) is 0 Å². The van der Waals surface area contributed by atoms with Gasteiger partial charge in [0.25, 0.3) is 0 Å². The van der Waals surface area contributed by atoms with E-state index in [4.69, 9.17) is 17.2 Å². The van der Waals surface area contributed by atoms with Crippen molar-refractivity contribution >= 4 is 40.6 Å². The maximum atomic E-state index is 6.70. The maximum absolute atomic E-state index is 6.70. The zero-order valence-electron chi connectivity index (χ0n) is 16.9. The van der Waals surface area contributed by atoms with Crippen molar-refractivity contribution in [1.29, 1.82) is 0 Å². The molecule has 2 radical (unpaired) electrons. The van der Waals surface area contributed by atoms with Crippen molar-refractivity contribution in [3.63, 3.8) is 0 Å². The molecule has 0 amide bonds. The summed E-state index contributed by atoms with van der Waals surface area (Å²) in [4.78, 5) is 4.80. The minimum atomic E-state index is -0.227. The minimum absolute atomic E-state index is 0.227. The lowest BCUT2D eigenvalue weighted by atomic mass is 9.57. The van der Waals surface area contributed by atoms with Crippen LogP contribution in [-0.4, -0.2) is 12.8 Å². The first-order valence-electron chi connectivity index (χ1n) is 10.8. The van der Waals surface area contributed by atoms with Gasteiger partial charge in [0.05, 0.1) is 13.5 Å². The first kappa shape index (κ1) is 17.8. The fraction of sp³-hybridized carbons (Fsp3) is 0.222. The highest BCUT2D eigenvalue weighted by Gasteiger charge is 2.28. The molecule has 2 nitrogen and oxygen atoms in total. The second kappa shape index (κ2) is 6.73. The fourth-order valence-corrected chi connectivity index (χ4v) is 5.00. The predicted octanol–water partition coefficient (Wildman–Crippen LogP) is 7.13. The van der Waals surface area contributed by atoms with Gasteiger partial charge in [0.2, 0.25) is 0 Å². The van der Waals surface area contributed by atoms with Gasteiger partial charge in [0, 0.05) is 22.5 Å². The highest BCUT2D eigenvalue weighted by molar-refractivity contribution is 6.16.